The van der Waals surface area contributed by atoms with E-state index in [-0.39, 0.29) is 12.0 Å². The minimum Gasteiger partial charge on any atom is -0.473 e. The second-order valence-corrected chi connectivity index (χ2v) is 6.60. The Kier molecular flexibility index (Phi) is 4.57. The van der Waals surface area contributed by atoms with Gasteiger partial charge in [0.25, 0.3) is 5.91 Å². The topological polar surface area (TPSA) is 102 Å². The SMILES string of the molecule is Cc1n[nH]c(C)c1C(=O)N1CCC(Oc2ccc(-n3cccn3)nn2)CC1. The first-order chi connectivity index (χ1) is 13.1. The largest absolute Gasteiger partial charge is 0.473 e. The summed E-state index contributed by atoms with van der Waals surface area (Å²) in [6, 6.07) is 5.44. The molecule has 1 saturated heterocycles. The second-order valence-electron chi connectivity index (χ2n) is 6.60. The first-order valence-corrected chi connectivity index (χ1v) is 8.93. The molecule has 4 rings (SSSR count). The van der Waals surface area contributed by atoms with Crippen LogP contribution in [0.4, 0.5) is 0 Å². The van der Waals surface area contributed by atoms with Gasteiger partial charge in [0.05, 0.1) is 11.3 Å². The molecule has 0 unspecified atom stereocenters. The van der Waals surface area contributed by atoms with Gasteiger partial charge in [0.15, 0.2) is 5.82 Å². The molecule has 0 bridgehead atoms. The van der Waals surface area contributed by atoms with Crippen molar-refractivity contribution in [2.45, 2.75) is 32.8 Å². The number of nitrogens with zero attached hydrogens (tertiary/aromatic N) is 6. The Balaban J connectivity index is 1.34. The van der Waals surface area contributed by atoms with Gasteiger partial charge in [0, 0.05) is 50.1 Å². The van der Waals surface area contributed by atoms with Crippen LogP contribution in [0.5, 0.6) is 5.88 Å². The van der Waals surface area contributed by atoms with E-state index in [0.29, 0.717) is 30.4 Å². The van der Waals surface area contributed by atoms with Gasteiger partial charge in [-0.3, -0.25) is 9.89 Å². The number of H-pyrrole nitrogens is 1. The van der Waals surface area contributed by atoms with E-state index in [1.165, 1.54) is 0 Å². The van der Waals surface area contributed by atoms with Crippen molar-refractivity contribution in [1.29, 1.82) is 0 Å². The van der Waals surface area contributed by atoms with Gasteiger partial charge >= 0.3 is 0 Å². The van der Waals surface area contributed by atoms with Crippen LogP contribution in [0.15, 0.2) is 30.6 Å². The standard InChI is InChI=1S/C18H21N7O2/c1-12-17(13(2)21-20-12)18(26)24-10-6-14(7-11-24)27-16-5-4-15(22-23-16)25-9-3-8-19-25/h3-5,8-9,14H,6-7,10-11H2,1-2H3,(H,20,21). The molecule has 140 valence electrons. The number of amides is 1. The molecular weight excluding hydrogens is 346 g/mol. The third-order valence-electron chi connectivity index (χ3n) is 4.72. The number of carbonyl (C=O) groups is 1. The Hall–Kier alpha value is -3.23. The van der Waals surface area contributed by atoms with Gasteiger partial charge in [-0.2, -0.15) is 10.2 Å². The summed E-state index contributed by atoms with van der Waals surface area (Å²) in [5.41, 5.74) is 2.22. The number of aromatic nitrogens is 6. The molecule has 1 aliphatic heterocycles. The molecular formula is C18H21N7O2. The first-order valence-electron chi connectivity index (χ1n) is 8.93. The number of piperidine rings is 1. The van der Waals surface area contributed by atoms with Gasteiger partial charge in [-0.1, -0.05) is 0 Å². The molecule has 3 aromatic heterocycles. The number of ether oxygens (including phenoxy) is 1. The summed E-state index contributed by atoms with van der Waals surface area (Å²) in [7, 11) is 0. The van der Waals surface area contributed by atoms with Gasteiger partial charge in [-0.15, -0.1) is 10.2 Å². The Bertz CT molecular complexity index is 890. The zero-order valence-electron chi connectivity index (χ0n) is 15.3. The number of hydrogen-bond donors (Lipinski definition) is 1. The monoisotopic (exact) mass is 367 g/mol. The highest BCUT2D eigenvalue weighted by molar-refractivity contribution is 5.96. The highest BCUT2D eigenvalue weighted by Crippen LogP contribution is 2.20. The van der Waals surface area contributed by atoms with Crippen LogP contribution in [-0.4, -0.2) is 60.2 Å². The predicted octanol–water partition coefficient (Wildman–Crippen LogP) is 1.69. The summed E-state index contributed by atoms with van der Waals surface area (Å²) < 4.78 is 7.57. The van der Waals surface area contributed by atoms with Crippen LogP contribution in [0.3, 0.4) is 0 Å². The molecule has 0 aromatic carbocycles. The quantitative estimate of drug-likeness (QED) is 0.753. The lowest BCUT2D eigenvalue weighted by molar-refractivity contribution is 0.0585. The number of nitrogens with one attached hydrogen (secondary N) is 1. The summed E-state index contributed by atoms with van der Waals surface area (Å²) in [5, 5.41) is 19.4. The average Bonchev–Trinajstić information content (AvgIpc) is 3.33. The van der Waals surface area contributed by atoms with Crippen LogP contribution in [0.25, 0.3) is 5.82 Å². The highest BCUT2D eigenvalue weighted by Gasteiger charge is 2.27. The lowest BCUT2D eigenvalue weighted by atomic mass is 10.1. The van der Waals surface area contributed by atoms with Gasteiger partial charge in [0.2, 0.25) is 5.88 Å². The molecule has 1 aliphatic rings. The maximum Gasteiger partial charge on any atom is 0.257 e. The number of aromatic amines is 1. The summed E-state index contributed by atoms with van der Waals surface area (Å²) in [6.45, 7) is 5.01. The number of likely N-dealkylation sites (tertiary alicyclic amines) is 1. The molecule has 0 saturated carbocycles. The van der Waals surface area contributed by atoms with E-state index in [0.717, 1.165) is 24.2 Å². The molecule has 0 radical (unpaired) electrons. The van der Waals surface area contributed by atoms with Crippen molar-refractivity contribution in [2.75, 3.05) is 13.1 Å². The number of carbonyl (C=O) groups excluding carboxylic acids is 1. The van der Waals surface area contributed by atoms with Crippen molar-refractivity contribution in [1.82, 2.24) is 35.1 Å². The Labute approximate surface area is 156 Å². The van der Waals surface area contributed by atoms with Crippen LogP contribution < -0.4 is 4.74 Å². The second kappa shape index (κ2) is 7.18. The summed E-state index contributed by atoms with van der Waals surface area (Å²) in [4.78, 5) is 14.6. The molecule has 3 aromatic rings. The van der Waals surface area contributed by atoms with Crippen molar-refractivity contribution in [2.24, 2.45) is 0 Å². The van der Waals surface area contributed by atoms with Gasteiger partial charge in [-0.25, -0.2) is 4.68 Å². The minimum atomic E-state index is 0.0189. The Morgan fingerprint density at radius 2 is 2.04 bits per heavy atom. The Morgan fingerprint density at radius 1 is 1.22 bits per heavy atom. The van der Waals surface area contributed by atoms with Crippen LogP contribution in [0.1, 0.15) is 34.6 Å². The highest BCUT2D eigenvalue weighted by atomic mass is 16.5. The molecule has 0 spiro atoms. The number of rotatable bonds is 4. The normalized spacial score (nSPS) is 15.1. The van der Waals surface area contributed by atoms with Crippen LogP contribution >= 0.6 is 0 Å². The zero-order chi connectivity index (χ0) is 18.8. The van der Waals surface area contributed by atoms with Gasteiger partial charge in [0.1, 0.15) is 6.10 Å². The maximum atomic E-state index is 12.7. The van der Waals surface area contributed by atoms with Crippen LogP contribution in [0, 0.1) is 13.8 Å². The fourth-order valence-corrected chi connectivity index (χ4v) is 3.27. The molecule has 4 heterocycles. The molecule has 9 heteroatoms. The lowest BCUT2D eigenvalue weighted by Gasteiger charge is -2.32. The lowest BCUT2D eigenvalue weighted by Crippen LogP contribution is -2.42. The third kappa shape index (κ3) is 3.53. The zero-order valence-corrected chi connectivity index (χ0v) is 15.3. The van der Waals surface area contributed by atoms with E-state index in [2.05, 4.69) is 25.5 Å². The molecule has 1 fully saturated rings. The molecule has 0 aliphatic carbocycles. The van der Waals surface area contributed by atoms with E-state index < -0.39 is 0 Å². The van der Waals surface area contributed by atoms with Crippen molar-refractivity contribution in [3.8, 4) is 11.7 Å². The van der Waals surface area contributed by atoms with Crippen molar-refractivity contribution in [3.63, 3.8) is 0 Å². The fraction of sp³-hybridized carbons (Fsp3) is 0.389. The maximum absolute atomic E-state index is 12.7. The van der Waals surface area contributed by atoms with E-state index in [4.69, 9.17) is 4.74 Å². The average molecular weight is 367 g/mol. The first kappa shape index (κ1) is 17.2. The summed E-state index contributed by atoms with van der Waals surface area (Å²) in [5.74, 6) is 1.15. The summed E-state index contributed by atoms with van der Waals surface area (Å²) in [6.07, 6.45) is 5.02. The summed E-state index contributed by atoms with van der Waals surface area (Å²) >= 11 is 0. The van der Waals surface area contributed by atoms with Gasteiger partial charge in [-0.05, 0) is 26.0 Å². The van der Waals surface area contributed by atoms with E-state index in [1.54, 1.807) is 23.1 Å². The predicted molar refractivity (Wildman–Crippen MR) is 96.8 cm³/mol. The van der Waals surface area contributed by atoms with E-state index >= 15 is 0 Å². The van der Waals surface area contributed by atoms with Crippen molar-refractivity contribution < 1.29 is 9.53 Å². The molecule has 0 atom stereocenters. The van der Waals surface area contributed by atoms with Gasteiger partial charge < -0.3 is 9.64 Å². The minimum absolute atomic E-state index is 0.0189. The van der Waals surface area contributed by atoms with Crippen molar-refractivity contribution >= 4 is 5.91 Å². The third-order valence-corrected chi connectivity index (χ3v) is 4.72. The number of hydrogen-bond acceptors (Lipinski definition) is 6. The molecule has 1 N–H and O–H groups in total. The van der Waals surface area contributed by atoms with Crippen LogP contribution in [-0.2, 0) is 0 Å². The Morgan fingerprint density at radius 3 is 2.63 bits per heavy atom. The van der Waals surface area contributed by atoms with Crippen LogP contribution in [0.2, 0.25) is 0 Å². The van der Waals surface area contributed by atoms with E-state index in [9.17, 15) is 4.79 Å². The van der Waals surface area contributed by atoms with E-state index in [1.807, 2.05) is 30.9 Å². The smallest absolute Gasteiger partial charge is 0.257 e. The fourth-order valence-electron chi connectivity index (χ4n) is 3.27. The molecule has 27 heavy (non-hydrogen) atoms. The number of aryl methyl sites for hydroxylation is 2. The molecule has 1 amide bonds. The van der Waals surface area contributed by atoms with Crippen molar-refractivity contribution in [3.05, 3.63) is 47.5 Å². The molecule has 9 nitrogen and oxygen atoms in total.